The fraction of sp³-hybridized carbons (Fsp3) is 0.364. The summed E-state index contributed by atoms with van der Waals surface area (Å²) in [5.74, 6) is 1.41. The maximum Gasteiger partial charge on any atom is 0.229 e. The van der Waals surface area contributed by atoms with E-state index < -0.39 is 10.0 Å². The standard InChI is InChI=1S/C11H15N3O3S.ClH/c1-18(15,16)14-9-3-2-4-10(7-9)17-8-11-12-5-6-13-11;/h2-4,7,14H,5-6,8H2,1H3,(H,12,13);1H. The third kappa shape index (κ3) is 5.35. The quantitative estimate of drug-likeness (QED) is 0.845. The molecule has 0 unspecified atom stereocenters. The summed E-state index contributed by atoms with van der Waals surface area (Å²) in [6, 6.07) is 6.80. The summed E-state index contributed by atoms with van der Waals surface area (Å²) in [5, 5.41) is 3.09. The van der Waals surface area contributed by atoms with Gasteiger partial charge in [0.25, 0.3) is 0 Å². The van der Waals surface area contributed by atoms with E-state index in [9.17, 15) is 8.42 Å². The molecule has 1 aliphatic rings. The van der Waals surface area contributed by atoms with Crippen molar-refractivity contribution in [2.24, 2.45) is 4.99 Å². The lowest BCUT2D eigenvalue weighted by molar-refractivity contribution is 0.374. The van der Waals surface area contributed by atoms with E-state index in [0.717, 1.165) is 25.2 Å². The molecule has 0 bridgehead atoms. The number of halogens is 1. The molecule has 0 aliphatic carbocycles. The van der Waals surface area contributed by atoms with Crippen LogP contribution in [0.3, 0.4) is 0 Å². The van der Waals surface area contributed by atoms with Gasteiger partial charge in [0.2, 0.25) is 10.0 Å². The molecule has 1 aromatic rings. The Morgan fingerprint density at radius 3 is 2.89 bits per heavy atom. The minimum Gasteiger partial charge on any atom is -0.486 e. The van der Waals surface area contributed by atoms with Crippen LogP contribution in [0.4, 0.5) is 5.69 Å². The van der Waals surface area contributed by atoms with Gasteiger partial charge in [0.1, 0.15) is 18.2 Å². The smallest absolute Gasteiger partial charge is 0.229 e. The lowest BCUT2D eigenvalue weighted by Gasteiger charge is -2.09. The van der Waals surface area contributed by atoms with Gasteiger partial charge in [-0.15, -0.1) is 12.4 Å². The fourth-order valence-corrected chi connectivity index (χ4v) is 2.11. The molecule has 1 aliphatic heterocycles. The second kappa shape index (κ2) is 6.63. The van der Waals surface area contributed by atoms with Crippen LogP contribution in [-0.4, -0.2) is 40.2 Å². The SMILES string of the molecule is CS(=O)(=O)Nc1cccc(OCC2=NCCN2)c1.Cl. The van der Waals surface area contributed by atoms with Gasteiger partial charge in [-0.3, -0.25) is 9.71 Å². The summed E-state index contributed by atoms with van der Waals surface area (Å²) in [7, 11) is -3.27. The van der Waals surface area contributed by atoms with Gasteiger partial charge in [0.15, 0.2) is 0 Å². The van der Waals surface area contributed by atoms with Gasteiger partial charge in [-0.05, 0) is 12.1 Å². The van der Waals surface area contributed by atoms with Crippen molar-refractivity contribution < 1.29 is 13.2 Å². The number of nitrogens with one attached hydrogen (secondary N) is 2. The fourth-order valence-electron chi connectivity index (χ4n) is 1.56. The van der Waals surface area contributed by atoms with Crippen molar-refractivity contribution in [2.75, 3.05) is 30.7 Å². The average Bonchev–Trinajstić information content (AvgIpc) is 2.77. The minimum atomic E-state index is -3.27. The maximum absolute atomic E-state index is 11.1. The van der Waals surface area contributed by atoms with Crippen LogP contribution in [0.15, 0.2) is 29.3 Å². The number of hydrogen-bond acceptors (Lipinski definition) is 5. The number of rotatable bonds is 5. The number of hydrogen-bond donors (Lipinski definition) is 2. The van der Waals surface area contributed by atoms with Crippen molar-refractivity contribution in [1.82, 2.24) is 5.32 Å². The van der Waals surface area contributed by atoms with Crippen LogP contribution >= 0.6 is 12.4 Å². The van der Waals surface area contributed by atoms with Crippen molar-refractivity contribution >= 4 is 34.0 Å². The Bertz CT molecular complexity index is 560. The number of aliphatic imine (C=N–C) groups is 1. The first-order chi connectivity index (χ1) is 8.53. The summed E-state index contributed by atoms with van der Waals surface area (Å²) in [4.78, 5) is 4.20. The lowest BCUT2D eigenvalue weighted by Crippen LogP contribution is -2.24. The molecule has 0 amide bonds. The molecule has 0 saturated carbocycles. The van der Waals surface area contributed by atoms with Gasteiger partial charge >= 0.3 is 0 Å². The molecule has 0 radical (unpaired) electrons. The van der Waals surface area contributed by atoms with E-state index in [1.165, 1.54) is 0 Å². The van der Waals surface area contributed by atoms with Crippen LogP contribution in [0.5, 0.6) is 5.75 Å². The number of amidine groups is 1. The van der Waals surface area contributed by atoms with Crippen LogP contribution < -0.4 is 14.8 Å². The normalized spacial score (nSPS) is 14.1. The molecule has 0 saturated heterocycles. The van der Waals surface area contributed by atoms with E-state index in [1.54, 1.807) is 24.3 Å². The Kier molecular flexibility index (Phi) is 5.44. The number of anilines is 1. The molecule has 0 aromatic heterocycles. The summed E-state index contributed by atoms with van der Waals surface area (Å²) in [5.41, 5.74) is 0.483. The average molecular weight is 306 g/mol. The van der Waals surface area contributed by atoms with Gasteiger partial charge in [-0.1, -0.05) is 6.07 Å². The molecule has 0 fully saturated rings. The molecule has 0 spiro atoms. The molecule has 106 valence electrons. The van der Waals surface area contributed by atoms with Crippen LogP contribution in [0.2, 0.25) is 0 Å². The van der Waals surface area contributed by atoms with Crippen LogP contribution in [0.1, 0.15) is 0 Å². The first-order valence-corrected chi connectivity index (χ1v) is 7.40. The Labute approximate surface area is 118 Å². The summed E-state index contributed by atoms with van der Waals surface area (Å²) in [6.07, 6.45) is 1.11. The Morgan fingerprint density at radius 2 is 2.26 bits per heavy atom. The number of nitrogens with zero attached hydrogens (tertiary/aromatic N) is 1. The summed E-state index contributed by atoms with van der Waals surface area (Å²) >= 11 is 0. The van der Waals surface area contributed by atoms with E-state index >= 15 is 0 Å². The largest absolute Gasteiger partial charge is 0.486 e. The van der Waals surface area contributed by atoms with Gasteiger partial charge in [0, 0.05) is 12.6 Å². The molecule has 6 nitrogen and oxygen atoms in total. The zero-order valence-electron chi connectivity index (χ0n) is 10.4. The van der Waals surface area contributed by atoms with E-state index in [2.05, 4.69) is 15.0 Å². The van der Waals surface area contributed by atoms with Crippen molar-refractivity contribution in [1.29, 1.82) is 0 Å². The van der Waals surface area contributed by atoms with Gasteiger partial charge < -0.3 is 10.1 Å². The third-order valence-electron chi connectivity index (χ3n) is 2.26. The van der Waals surface area contributed by atoms with Crippen molar-refractivity contribution in [3.05, 3.63) is 24.3 Å². The van der Waals surface area contributed by atoms with Gasteiger partial charge in [-0.25, -0.2) is 8.42 Å². The highest BCUT2D eigenvalue weighted by atomic mass is 35.5. The highest BCUT2D eigenvalue weighted by Crippen LogP contribution is 2.18. The predicted octanol–water partition coefficient (Wildman–Crippen LogP) is 0.860. The number of ether oxygens (including phenoxy) is 1. The Morgan fingerprint density at radius 1 is 1.47 bits per heavy atom. The van der Waals surface area contributed by atoms with Crippen molar-refractivity contribution in [2.45, 2.75) is 0 Å². The molecule has 0 atom stereocenters. The number of sulfonamides is 1. The zero-order chi connectivity index (χ0) is 13.0. The molecular formula is C11H16ClN3O3S. The van der Waals surface area contributed by atoms with Gasteiger partial charge in [0.05, 0.1) is 18.5 Å². The van der Waals surface area contributed by atoms with Crippen LogP contribution in [0.25, 0.3) is 0 Å². The Balaban J connectivity index is 0.00000180. The molecule has 1 heterocycles. The second-order valence-electron chi connectivity index (χ2n) is 3.95. The topological polar surface area (TPSA) is 79.8 Å². The monoisotopic (exact) mass is 305 g/mol. The van der Waals surface area contributed by atoms with E-state index in [0.29, 0.717) is 18.0 Å². The maximum atomic E-state index is 11.1. The first kappa shape index (κ1) is 15.6. The second-order valence-corrected chi connectivity index (χ2v) is 5.69. The first-order valence-electron chi connectivity index (χ1n) is 5.51. The van der Waals surface area contributed by atoms with Crippen molar-refractivity contribution in [3.63, 3.8) is 0 Å². The molecule has 2 N–H and O–H groups in total. The molecule has 19 heavy (non-hydrogen) atoms. The van der Waals surface area contributed by atoms with Gasteiger partial charge in [-0.2, -0.15) is 0 Å². The van der Waals surface area contributed by atoms with E-state index in [-0.39, 0.29) is 12.4 Å². The summed E-state index contributed by atoms with van der Waals surface area (Å²) < 4.78 is 30.1. The van der Waals surface area contributed by atoms with E-state index in [1.807, 2.05) is 0 Å². The summed E-state index contributed by atoms with van der Waals surface area (Å²) in [6.45, 7) is 1.98. The van der Waals surface area contributed by atoms with E-state index in [4.69, 9.17) is 4.74 Å². The molecule has 8 heteroatoms. The molecule has 2 rings (SSSR count). The molecule has 1 aromatic carbocycles. The predicted molar refractivity (Wildman–Crippen MR) is 78.0 cm³/mol. The van der Waals surface area contributed by atoms with Crippen LogP contribution in [-0.2, 0) is 10.0 Å². The lowest BCUT2D eigenvalue weighted by atomic mass is 10.3. The zero-order valence-corrected chi connectivity index (χ0v) is 12.1. The van der Waals surface area contributed by atoms with Crippen molar-refractivity contribution in [3.8, 4) is 5.75 Å². The minimum absolute atomic E-state index is 0. The highest BCUT2D eigenvalue weighted by molar-refractivity contribution is 7.92. The molecular weight excluding hydrogens is 290 g/mol. The van der Waals surface area contributed by atoms with Crippen LogP contribution in [0, 0.1) is 0 Å². The highest BCUT2D eigenvalue weighted by Gasteiger charge is 2.06. The third-order valence-corrected chi connectivity index (χ3v) is 2.86. The Hall–Kier alpha value is -1.47. The number of benzene rings is 1.